The highest BCUT2D eigenvalue weighted by Crippen LogP contribution is 2.27. The number of sulfone groups is 1. The fraction of sp³-hybridized carbons (Fsp3) is 0.0800. The second-order valence-electron chi connectivity index (χ2n) is 7.16. The Morgan fingerprint density at radius 2 is 1.73 bits per heavy atom. The van der Waals surface area contributed by atoms with Crippen LogP contribution in [-0.4, -0.2) is 13.0 Å². The van der Waals surface area contributed by atoms with Gasteiger partial charge in [-0.2, -0.15) is 5.26 Å². The monoisotopic (exact) mass is 412 g/mol. The van der Waals surface area contributed by atoms with Crippen molar-refractivity contribution < 1.29 is 8.42 Å². The largest absolute Gasteiger partial charge is 0.342 e. The molecule has 0 saturated carbocycles. The van der Waals surface area contributed by atoms with E-state index >= 15 is 0 Å². The fourth-order valence-corrected chi connectivity index (χ4v) is 4.74. The van der Waals surface area contributed by atoms with E-state index in [9.17, 15) is 13.7 Å². The molecule has 3 aromatic carbocycles. The second kappa shape index (κ2) is 8.02. The average Bonchev–Trinajstić information content (AvgIpc) is 3.10. The summed E-state index contributed by atoms with van der Waals surface area (Å²) in [5.74, 6) is 0. The van der Waals surface area contributed by atoms with Crippen LogP contribution in [0.3, 0.4) is 0 Å². The van der Waals surface area contributed by atoms with Gasteiger partial charge in [0, 0.05) is 29.2 Å². The second-order valence-corrected chi connectivity index (χ2v) is 9.07. The molecule has 0 N–H and O–H groups in total. The topological polar surface area (TPSA) is 62.9 Å². The van der Waals surface area contributed by atoms with Crippen molar-refractivity contribution in [3.8, 4) is 6.07 Å². The smallest absolute Gasteiger partial charge is 0.216 e. The molecule has 0 bridgehead atoms. The maximum atomic E-state index is 12.9. The van der Waals surface area contributed by atoms with E-state index in [1.807, 2.05) is 42.6 Å². The molecule has 0 aliphatic heterocycles. The number of aromatic nitrogens is 1. The number of nitrogens with zero attached hydrogens (tertiary/aromatic N) is 2. The molecule has 4 aromatic rings. The van der Waals surface area contributed by atoms with Gasteiger partial charge >= 0.3 is 0 Å². The van der Waals surface area contributed by atoms with Crippen LogP contribution in [0.15, 0.2) is 94.9 Å². The van der Waals surface area contributed by atoms with E-state index in [1.165, 1.54) is 23.8 Å². The molecule has 0 amide bonds. The van der Waals surface area contributed by atoms with Crippen molar-refractivity contribution >= 4 is 26.8 Å². The lowest BCUT2D eigenvalue weighted by Gasteiger charge is -2.06. The van der Waals surface area contributed by atoms with Gasteiger partial charge in [-0.25, -0.2) is 8.42 Å². The van der Waals surface area contributed by atoms with E-state index in [4.69, 9.17) is 0 Å². The summed E-state index contributed by atoms with van der Waals surface area (Å²) in [6.07, 6.45) is 3.38. The molecule has 0 spiro atoms. The first-order valence-electron chi connectivity index (χ1n) is 9.54. The van der Waals surface area contributed by atoms with Gasteiger partial charge in [0.2, 0.25) is 9.84 Å². The van der Waals surface area contributed by atoms with Crippen LogP contribution < -0.4 is 0 Å². The number of para-hydroxylation sites is 1. The Labute approximate surface area is 176 Å². The minimum Gasteiger partial charge on any atom is -0.342 e. The predicted octanol–water partition coefficient (Wildman–Crippen LogP) is 5.34. The third-order valence-corrected chi connectivity index (χ3v) is 6.68. The van der Waals surface area contributed by atoms with Gasteiger partial charge in [-0.15, -0.1) is 0 Å². The minimum absolute atomic E-state index is 0.112. The summed E-state index contributed by atoms with van der Waals surface area (Å²) in [7, 11) is -3.88. The molecule has 0 fully saturated rings. The Kier molecular flexibility index (Phi) is 5.26. The van der Waals surface area contributed by atoms with Gasteiger partial charge in [0.15, 0.2) is 0 Å². The summed E-state index contributed by atoms with van der Waals surface area (Å²) in [5.41, 5.74) is 4.03. The molecule has 30 heavy (non-hydrogen) atoms. The first-order chi connectivity index (χ1) is 14.5. The van der Waals surface area contributed by atoms with Crippen molar-refractivity contribution in [1.29, 1.82) is 5.26 Å². The molecule has 0 aliphatic carbocycles. The van der Waals surface area contributed by atoms with Gasteiger partial charge in [-0.3, -0.25) is 0 Å². The van der Waals surface area contributed by atoms with E-state index in [-0.39, 0.29) is 9.80 Å². The van der Waals surface area contributed by atoms with Crippen molar-refractivity contribution in [1.82, 2.24) is 4.57 Å². The van der Waals surface area contributed by atoms with E-state index in [2.05, 4.69) is 29.7 Å². The molecule has 4 nitrogen and oxygen atoms in total. The fourth-order valence-electron chi connectivity index (χ4n) is 3.57. The molecule has 4 rings (SSSR count). The van der Waals surface area contributed by atoms with Crippen molar-refractivity contribution in [2.45, 2.75) is 18.4 Å². The Balaban J connectivity index is 1.82. The Bertz CT molecular complexity index is 1390. The summed E-state index contributed by atoms with van der Waals surface area (Å²) in [6, 6.07) is 26.0. The highest BCUT2D eigenvalue weighted by molar-refractivity contribution is 7.95. The highest BCUT2D eigenvalue weighted by Gasteiger charge is 2.21. The minimum atomic E-state index is -3.88. The highest BCUT2D eigenvalue weighted by atomic mass is 32.2. The van der Waals surface area contributed by atoms with Gasteiger partial charge in [0.05, 0.1) is 4.90 Å². The SMILES string of the molecule is Cc1cccc(Cn2cc(/C=C(\C#N)S(=O)(=O)c3ccccc3)c3ccccc32)c1. The van der Waals surface area contributed by atoms with Gasteiger partial charge < -0.3 is 4.57 Å². The molecular formula is C25H20N2O2S. The maximum absolute atomic E-state index is 12.9. The van der Waals surface area contributed by atoms with Gasteiger partial charge in [0.25, 0.3) is 0 Å². The predicted molar refractivity (Wildman–Crippen MR) is 119 cm³/mol. The Morgan fingerprint density at radius 1 is 1.00 bits per heavy atom. The molecule has 0 aliphatic rings. The molecule has 1 heterocycles. The van der Waals surface area contributed by atoms with Gasteiger partial charge in [0.1, 0.15) is 11.0 Å². The first kappa shape index (κ1) is 19.7. The lowest BCUT2D eigenvalue weighted by molar-refractivity contribution is 0.603. The van der Waals surface area contributed by atoms with E-state index < -0.39 is 9.84 Å². The van der Waals surface area contributed by atoms with E-state index in [1.54, 1.807) is 18.2 Å². The zero-order valence-corrected chi connectivity index (χ0v) is 17.3. The van der Waals surface area contributed by atoms with Crippen molar-refractivity contribution in [2.24, 2.45) is 0 Å². The molecule has 0 atom stereocenters. The standard InChI is InChI=1S/C25H20N2O2S/c1-19-8-7-9-20(14-19)17-27-18-21(24-12-5-6-13-25(24)27)15-23(16-26)30(28,29)22-10-3-2-4-11-22/h2-15,18H,17H2,1H3/b23-15+. The third kappa shape index (κ3) is 3.78. The summed E-state index contributed by atoms with van der Waals surface area (Å²) >= 11 is 0. The third-order valence-electron chi connectivity index (χ3n) is 4.99. The van der Waals surface area contributed by atoms with E-state index in [0.29, 0.717) is 12.1 Å². The molecule has 0 saturated heterocycles. The quantitative estimate of drug-likeness (QED) is 0.416. The Morgan fingerprint density at radius 3 is 2.47 bits per heavy atom. The van der Waals surface area contributed by atoms with Crippen molar-refractivity contribution in [2.75, 3.05) is 0 Å². The molecule has 0 unspecified atom stereocenters. The zero-order valence-electron chi connectivity index (χ0n) is 16.5. The van der Waals surface area contributed by atoms with Crippen LogP contribution in [-0.2, 0) is 16.4 Å². The Hall–Kier alpha value is -3.62. The van der Waals surface area contributed by atoms with Crippen LogP contribution in [0.2, 0.25) is 0 Å². The molecule has 5 heteroatoms. The summed E-state index contributed by atoms with van der Waals surface area (Å²) < 4.78 is 28.0. The van der Waals surface area contributed by atoms with Crippen LogP contribution in [0.1, 0.15) is 16.7 Å². The number of hydrogen-bond acceptors (Lipinski definition) is 3. The molecule has 1 aromatic heterocycles. The molecule has 0 radical (unpaired) electrons. The average molecular weight is 413 g/mol. The van der Waals surface area contributed by atoms with Crippen LogP contribution in [0, 0.1) is 18.3 Å². The van der Waals surface area contributed by atoms with Crippen LogP contribution >= 0.6 is 0 Å². The number of nitriles is 1. The maximum Gasteiger partial charge on any atom is 0.216 e. The number of aryl methyl sites for hydroxylation is 1. The van der Waals surface area contributed by atoms with Crippen LogP contribution in [0.5, 0.6) is 0 Å². The zero-order chi connectivity index (χ0) is 21.1. The lowest BCUT2D eigenvalue weighted by Crippen LogP contribution is -2.03. The first-order valence-corrected chi connectivity index (χ1v) is 11.0. The molecule has 148 valence electrons. The molecular weight excluding hydrogens is 392 g/mol. The van der Waals surface area contributed by atoms with Crippen molar-refractivity contribution in [3.05, 3.63) is 107 Å². The van der Waals surface area contributed by atoms with Gasteiger partial charge in [-0.05, 0) is 36.8 Å². The van der Waals surface area contributed by atoms with Gasteiger partial charge in [-0.1, -0.05) is 66.2 Å². The number of benzene rings is 3. The van der Waals surface area contributed by atoms with E-state index in [0.717, 1.165) is 16.5 Å². The van der Waals surface area contributed by atoms with Crippen molar-refractivity contribution in [3.63, 3.8) is 0 Å². The lowest BCUT2D eigenvalue weighted by atomic mass is 10.1. The van der Waals surface area contributed by atoms with Crippen LogP contribution in [0.25, 0.3) is 17.0 Å². The number of fused-ring (bicyclic) bond motifs is 1. The van der Waals surface area contributed by atoms with Crippen LogP contribution in [0.4, 0.5) is 0 Å². The normalized spacial score (nSPS) is 12.1. The summed E-state index contributed by atoms with van der Waals surface area (Å²) in [4.78, 5) is -0.159. The number of allylic oxidation sites excluding steroid dienone is 1. The number of hydrogen-bond donors (Lipinski definition) is 0. The number of rotatable bonds is 5. The summed E-state index contributed by atoms with van der Waals surface area (Å²) in [5, 5.41) is 10.5. The summed E-state index contributed by atoms with van der Waals surface area (Å²) in [6.45, 7) is 2.71.